The lowest BCUT2D eigenvalue weighted by molar-refractivity contribution is -0.146. The Morgan fingerprint density at radius 1 is 1.18 bits per heavy atom. The van der Waals surface area contributed by atoms with E-state index in [0.29, 0.717) is 53.3 Å². The van der Waals surface area contributed by atoms with Crippen LogP contribution in [0.5, 0.6) is 5.75 Å². The van der Waals surface area contributed by atoms with Crippen molar-refractivity contribution in [2.24, 2.45) is 11.3 Å². The molecule has 40 heavy (non-hydrogen) atoms. The van der Waals surface area contributed by atoms with Crippen LogP contribution in [0.2, 0.25) is 5.02 Å². The lowest BCUT2D eigenvalue weighted by Gasteiger charge is -2.32. The van der Waals surface area contributed by atoms with Gasteiger partial charge in [0.15, 0.2) is 0 Å². The number of piperidine rings is 1. The third kappa shape index (κ3) is 5.50. The minimum atomic E-state index is -0.984. The Morgan fingerprint density at radius 2 is 1.95 bits per heavy atom. The molecule has 1 aliphatic carbocycles. The summed E-state index contributed by atoms with van der Waals surface area (Å²) in [5, 5.41) is 6.82. The number of carbonyl (C=O) groups excluding carboxylic acids is 4. The van der Waals surface area contributed by atoms with Crippen LogP contribution in [0.15, 0.2) is 18.2 Å². The third-order valence-corrected chi connectivity index (χ3v) is 9.18. The van der Waals surface area contributed by atoms with E-state index in [2.05, 4.69) is 15.6 Å². The van der Waals surface area contributed by atoms with E-state index in [0.717, 1.165) is 38.5 Å². The Hall–Kier alpha value is -3.27. The predicted molar refractivity (Wildman–Crippen MR) is 149 cm³/mol. The monoisotopic (exact) mass is 572 g/mol. The van der Waals surface area contributed by atoms with Crippen molar-refractivity contribution < 1.29 is 28.7 Å². The molecule has 5 rings (SSSR count). The first-order valence-electron chi connectivity index (χ1n) is 14.1. The van der Waals surface area contributed by atoms with Gasteiger partial charge in [-0.25, -0.2) is 4.79 Å². The van der Waals surface area contributed by atoms with Crippen molar-refractivity contribution >= 4 is 46.2 Å². The number of aromatic nitrogens is 1. The second-order valence-electron chi connectivity index (χ2n) is 11.4. The van der Waals surface area contributed by atoms with E-state index in [4.69, 9.17) is 21.1 Å². The Kier molecular flexibility index (Phi) is 8.26. The van der Waals surface area contributed by atoms with Gasteiger partial charge in [0.25, 0.3) is 5.91 Å². The van der Waals surface area contributed by atoms with Crippen molar-refractivity contribution in [2.75, 3.05) is 27.3 Å². The maximum atomic E-state index is 14.0. The lowest BCUT2D eigenvalue weighted by Crippen LogP contribution is -2.52. The van der Waals surface area contributed by atoms with Gasteiger partial charge in [-0.3, -0.25) is 14.4 Å². The Balaban J connectivity index is 1.42. The number of ether oxygens (including phenoxy) is 2. The largest absolute Gasteiger partial charge is 0.496 e. The molecule has 3 fully saturated rings. The van der Waals surface area contributed by atoms with Crippen LogP contribution in [0.3, 0.4) is 0 Å². The van der Waals surface area contributed by atoms with Crippen molar-refractivity contribution in [3.63, 3.8) is 0 Å². The van der Waals surface area contributed by atoms with Gasteiger partial charge < -0.3 is 30.0 Å². The molecule has 3 atom stereocenters. The van der Waals surface area contributed by atoms with E-state index in [1.54, 1.807) is 30.2 Å². The molecule has 3 heterocycles. The molecular weight excluding hydrogens is 536 g/mol. The zero-order chi connectivity index (χ0) is 28.4. The number of amides is 3. The Bertz CT molecular complexity index is 1300. The van der Waals surface area contributed by atoms with E-state index in [1.165, 1.54) is 7.11 Å². The quantitative estimate of drug-likeness (QED) is 0.435. The van der Waals surface area contributed by atoms with Crippen molar-refractivity contribution in [1.29, 1.82) is 0 Å². The smallest absolute Gasteiger partial charge is 0.328 e. The van der Waals surface area contributed by atoms with E-state index in [9.17, 15) is 19.2 Å². The van der Waals surface area contributed by atoms with Crippen LogP contribution in [0.25, 0.3) is 10.9 Å². The number of benzene rings is 1. The van der Waals surface area contributed by atoms with Gasteiger partial charge in [0.05, 0.1) is 24.8 Å². The molecule has 1 unspecified atom stereocenters. The summed E-state index contributed by atoms with van der Waals surface area (Å²) in [5.74, 6) is -1.25. The minimum Gasteiger partial charge on any atom is -0.496 e. The fourth-order valence-electron chi connectivity index (χ4n) is 6.74. The van der Waals surface area contributed by atoms with Crippen LogP contribution in [0.4, 0.5) is 0 Å². The molecule has 1 spiro atoms. The summed E-state index contributed by atoms with van der Waals surface area (Å²) < 4.78 is 10.4. The second-order valence-corrected chi connectivity index (χ2v) is 11.8. The molecule has 3 N–H and O–H groups in total. The van der Waals surface area contributed by atoms with Gasteiger partial charge in [-0.2, -0.15) is 0 Å². The number of esters is 1. The number of carbonyl (C=O) groups is 4. The van der Waals surface area contributed by atoms with Crippen molar-refractivity contribution in [2.45, 2.75) is 69.9 Å². The highest BCUT2D eigenvalue weighted by molar-refractivity contribution is 6.35. The number of hydrogen-bond acceptors (Lipinski definition) is 6. The summed E-state index contributed by atoms with van der Waals surface area (Å²) in [5.41, 5.74) is 0.755. The normalized spacial score (nSPS) is 23.1. The third-order valence-electron chi connectivity index (χ3n) is 8.86. The van der Waals surface area contributed by atoms with E-state index in [1.807, 2.05) is 0 Å². The van der Waals surface area contributed by atoms with Gasteiger partial charge >= 0.3 is 5.97 Å². The van der Waals surface area contributed by atoms with E-state index < -0.39 is 29.9 Å². The topological polar surface area (TPSA) is 130 Å². The van der Waals surface area contributed by atoms with Crippen LogP contribution < -0.4 is 15.4 Å². The molecule has 3 aliphatic rings. The molecular formula is C29H37ClN4O6. The van der Waals surface area contributed by atoms with E-state index in [-0.39, 0.29) is 23.7 Å². The van der Waals surface area contributed by atoms with Crippen LogP contribution in [0.1, 0.15) is 68.3 Å². The highest BCUT2D eigenvalue weighted by atomic mass is 35.5. The van der Waals surface area contributed by atoms with Crippen LogP contribution in [-0.2, 0) is 19.1 Å². The Labute approximate surface area is 238 Å². The van der Waals surface area contributed by atoms with Gasteiger partial charge in [-0.15, -0.1) is 0 Å². The molecule has 0 bridgehead atoms. The lowest BCUT2D eigenvalue weighted by atomic mass is 9.72. The molecule has 2 aromatic rings. The van der Waals surface area contributed by atoms with Gasteiger partial charge in [-0.05, 0) is 62.1 Å². The summed E-state index contributed by atoms with van der Waals surface area (Å²) in [6, 6.07) is 3.41. The zero-order valence-corrected chi connectivity index (χ0v) is 23.8. The van der Waals surface area contributed by atoms with E-state index >= 15 is 0 Å². The standard InChI is InChI=1S/C29H37ClN4O6/c1-39-23-9-8-19(30)24-18(23)14-20(32-24)27(37)34-16-29(10-4-3-5-11-29)15-22(34)26(36)33-21(28(38)40-2)13-17-7-6-12-31-25(17)35/h8-9,14,17,21-22,32H,3-7,10-13,15-16H2,1-2H3,(H,31,35)(H,33,36)/t17-,21-,22?/m0/s1. The number of likely N-dealkylation sites (tertiary alicyclic amines) is 1. The van der Waals surface area contributed by atoms with Crippen molar-refractivity contribution in [3.05, 3.63) is 28.9 Å². The van der Waals surface area contributed by atoms with Crippen molar-refractivity contribution in [1.82, 2.24) is 20.5 Å². The highest BCUT2D eigenvalue weighted by Crippen LogP contribution is 2.47. The summed E-state index contributed by atoms with van der Waals surface area (Å²) in [6.07, 6.45) is 7.24. The highest BCUT2D eigenvalue weighted by Gasteiger charge is 2.49. The molecule has 0 radical (unpaired) electrons. The van der Waals surface area contributed by atoms with Gasteiger partial charge in [0.1, 0.15) is 23.5 Å². The van der Waals surface area contributed by atoms with Crippen LogP contribution >= 0.6 is 11.6 Å². The number of fused-ring (bicyclic) bond motifs is 1. The predicted octanol–water partition coefficient (Wildman–Crippen LogP) is 3.57. The summed E-state index contributed by atoms with van der Waals surface area (Å²) in [7, 11) is 2.82. The van der Waals surface area contributed by atoms with Crippen LogP contribution in [-0.4, -0.2) is 73.0 Å². The number of aromatic amines is 1. The number of methoxy groups -OCH3 is 2. The number of halogens is 1. The zero-order valence-electron chi connectivity index (χ0n) is 23.0. The molecule has 1 saturated carbocycles. The van der Waals surface area contributed by atoms with Gasteiger partial charge in [0, 0.05) is 24.4 Å². The summed E-state index contributed by atoms with van der Waals surface area (Å²) >= 11 is 6.40. The fraction of sp³-hybridized carbons (Fsp3) is 0.586. The van der Waals surface area contributed by atoms with Gasteiger partial charge in [0.2, 0.25) is 11.8 Å². The Morgan fingerprint density at radius 3 is 2.65 bits per heavy atom. The maximum absolute atomic E-state index is 14.0. The summed E-state index contributed by atoms with van der Waals surface area (Å²) in [6.45, 7) is 1.06. The number of nitrogens with one attached hydrogen (secondary N) is 3. The number of nitrogens with zero attached hydrogens (tertiary/aromatic N) is 1. The molecule has 2 saturated heterocycles. The fourth-order valence-corrected chi connectivity index (χ4v) is 6.96. The second kappa shape index (κ2) is 11.7. The molecule has 2 aliphatic heterocycles. The summed E-state index contributed by atoms with van der Waals surface area (Å²) in [4.78, 5) is 57.7. The van der Waals surface area contributed by atoms with Crippen molar-refractivity contribution in [3.8, 4) is 5.75 Å². The number of hydrogen-bond donors (Lipinski definition) is 3. The average Bonchev–Trinajstić information content (AvgIpc) is 3.57. The molecule has 1 aromatic heterocycles. The van der Waals surface area contributed by atoms with Gasteiger partial charge in [-0.1, -0.05) is 30.9 Å². The molecule has 11 heteroatoms. The SMILES string of the molecule is COC(=O)[C@H](C[C@@H]1CCCNC1=O)NC(=O)C1CC2(CCCCC2)CN1C(=O)c1cc2c(OC)ccc(Cl)c2[nH]1. The molecule has 10 nitrogen and oxygen atoms in total. The minimum absolute atomic E-state index is 0.124. The molecule has 216 valence electrons. The molecule has 3 amide bonds. The first-order chi connectivity index (χ1) is 19.2. The first-order valence-corrected chi connectivity index (χ1v) is 14.4. The maximum Gasteiger partial charge on any atom is 0.328 e. The van der Waals surface area contributed by atoms with Crippen LogP contribution in [0, 0.1) is 11.3 Å². The number of H-pyrrole nitrogens is 1. The molecule has 1 aromatic carbocycles. The average molecular weight is 573 g/mol. The first kappa shape index (κ1) is 28.3. The number of rotatable bonds is 7.